The maximum absolute atomic E-state index is 12.2. The second kappa shape index (κ2) is 8.53. The molecule has 0 saturated heterocycles. The van der Waals surface area contributed by atoms with Gasteiger partial charge in [-0.15, -0.1) is 11.3 Å². The number of nitrogens with one attached hydrogen (secondary N) is 2. The number of thiophene rings is 1. The molecule has 0 bridgehead atoms. The minimum atomic E-state index is -3.33. The Morgan fingerprint density at radius 2 is 2.14 bits per heavy atom. The van der Waals surface area contributed by atoms with Gasteiger partial charge in [-0.1, -0.05) is 6.42 Å². The monoisotopic (exact) mass is 348 g/mol. The molecule has 0 aliphatic heterocycles. The Kier molecular flexibility index (Phi) is 7.01. The second-order valence-corrected chi connectivity index (χ2v) is 9.10. The molecule has 0 radical (unpaired) electrons. The van der Waals surface area contributed by atoms with Crippen LogP contribution in [0.25, 0.3) is 0 Å². The summed E-state index contributed by atoms with van der Waals surface area (Å²) in [4.78, 5) is 1.49. The first-order valence-corrected chi connectivity index (χ1v) is 11.2. The van der Waals surface area contributed by atoms with Crippen molar-refractivity contribution in [2.45, 2.75) is 49.6 Å². The van der Waals surface area contributed by atoms with E-state index in [2.05, 4.69) is 16.3 Å². The molecule has 1 fully saturated rings. The molecule has 1 aliphatic carbocycles. The zero-order valence-electron chi connectivity index (χ0n) is 12.4. The van der Waals surface area contributed by atoms with Crippen LogP contribution in [-0.2, 0) is 16.6 Å². The first-order valence-electron chi connectivity index (χ1n) is 7.41. The Bertz CT molecular complexity index is 524. The number of hydrogen-bond acceptors (Lipinski definition) is 5. The number of hydrogen-bond donors (Lipinski definition) is 2. The standard InChI is InChI=1S/C14H24N2O2S3/c1-19-8-4-2-3-7-16-21(17,18)14-9-13(20-11-14)10-15-12-5-6-12/h9,11-12,15-16H,2-8,10H2,1H3. The van der Waals surface area contributed by atoms with Crippen molar-refractivity contribution in [2.24, 2.45) is 0 Å². The minimum absolute atomic E-state index is 0.407. The molecule has 7 heteroatoms. The molecule has 0 amide bonds. The third-order valence-corrected chi connectivity index (χ3v) is 6.62. The van der Waals surface area contributed by atoms with Crippen molar-refractivity contribution >= 4 is 33.1 Å². The van der Waals surface area contributed by atoms with Crippen LogP contribution in [0.15, 0.2) is 16.3 Å². The highest BCUT2D eigenvalue weighted by atomic mass is 32.2. The zero-order valence-corrected chi connectivity index (χ0v) is 14.9. The van der Waals surface area contributed by atoms with E-state index < -0.39 is 10.0 Å². The van der Waals surface area contributed by atoms with E-state index in [1.807, 2.05) is 11.8 Å². The Morgan fingerprint density at radius 1 is 1.33 bits per heavy atom. The summed E-state index contributed by atoms with van der Waals surface area (Å²) in [6.07, 6.45) is 7.71. The fourth-order valence-corrected chi connectivity index (χ4v) is 4.76. The lowest BCUT2D eigenvalue weighted by Gasteiger charge is -2.04. The Hall–Kier alpha value is -0.0800. The molecule has 21 heavy (non-hydrogen) atoms. The third kappa shape index (κ3) is 6.28. The average molecular weight is 349 g/mol. The van der Waals surface area contributed by atoms with Crippen molar-refractivity contribution in [1.29, 1.82) is 0 Å². The maximum atomic E-state index is 12.2. The van der Waals surface area contributed by atoms with Gasteiger partial charge in [-0.25, -0.2) is 13.1 Å². The van der Waals surface area contributed by atoms with Gasteiger partial charge in [0, 0.05) is 29.4 Å². The lowest BCUT2D eigenvalue weighted by molar-refractivity contribution is 0.576. The molecule has 0 atom stereocenters. The summed E-state index contributed by atoms with van der Waals surface area (Å²) in [5.41, 5.74) is 0. The molecule has 1 aliphatic rings. The van der Waals surface area contributed by atoms with Crippen LogP contribution in [-0.4, -0.2) is 33.0 Å². The van der Waals surface area contributed by atoms with E-state index in [1.54, 1.807) is 11.4 Å². The van der Waals surface area contributed by atoms with Crippen molar-refractivity contribution in [3.63, 3.8) is 0 Å². The van der Waals surface area contributed by atoms with Crippen LogP contribution < -0.4 is 10.0 Å². The molecule has 1 saturated carbocycles. The topological polar surface area (TPSA) is 58.2 Å². The van der Waals surface area contributed by atoms with E-state index in [-0.39, 0.29) is 0 Å². The first-order chi connectivity index (χ1) is 10.1. The summed E-state index contributed by atoms with van der Waals surface area (Å²) in [6.45, 7) is 1.31. The minimum Gasteiger partial charge on any atom is -0.309 e. The van der Waals surface area contributed by atoms with Gasteiger partial charge in [0.25, 0.3) is 0 Å². The largest absolute Gasteiger partial charge is 0.309 e. The summed E-state index contributed by atoms with van der Waals surface area (Å²) in [5, 5.41) is 5.14. The van der Waals surface area contributed by atoms with Gasteiger partial charge >= 0.3 is 0 Å². The van der Waals surface area contributed by atoms with E-state index in [0.29, 0.717) is 17.5 Å². The highest BCUT2D eigenvalue weighted by molar-refractivity contribution is 7.98. The predicted molar refractivity (Wildman–Crippen MR) is 91.6 cm³/mol. The SMILES string of the molecule is CSCCCCCNS(=O)(=O)c1csc(CNC2CC2)c1. The molecule has 4 nitrogen and oxygen atoms in total. The predicted octanol–water partition coefficient (Wildman–Crippen LogP) is 2.81. The van der Waals surface area contributed by atoms with Gasteiger partial charge in [-0.3, -0.25) is 0 Å². The summed E-state index contributed by atoms with van der Waals surface area (Å²) in [5.74, 6) is 1.15. The van der Waals surface area contributed by atoms with Crippen LogP contribution in [0, 0.1) is 0 Å². The molecule has 0 aromatic carbocycles. The Morgan fingerprint density at radius 3 is 2.86 bits per heavy atom. The van der Waals surface area contributed by atoms with Gasteiger partial charge in [0.2, 0.25) is 10.0 Å². The second-order valence-electron chi connectivity index (χ2n) is 5.36. The van der Waals surface area contributed by atoms with Crippen molar-refractivity contribution in [3.05, 3.63) is 16.3 Å². The highest BCUT2D eigenvalue weighted by Crippen LogP contribution is 2.22. The van der Waals surface area contributed by atoms with Gasteiger partial charge < -0.3 is 5.32 Å². The van der Waals surface area contributed by atoms with Crippen molar-refractivity contribution in [1.82, 2.24) is 10.0 Å². The fraction of sp³-hybridized carbons (Fsp3) is 0.714. The molecule has 1 aromatic rings. The summed E-state index contributed by atoms with van der Waals surface area (Å²) >= 11 is 3.34. The van der Waals surface area contributed by atoms with E-state index in [0.717, 1.165) is 36.4 Å². The maximum Gasteiger partial charge on any atom is 0.241 e. The van der Waals surface area contributed by atoms with Crippen LogP contribution in [0.4, 0.5) is 0 Å². The fourth-order valence-electron chi connectivity index (χ4n) is 1.96. The molecule has 1 aromatic heterocycles. The highest BCUT2D eigenvalue weighted by Gasteiger charge is 2.21. The Balaban J connectivity index is 1.73. The Labute approximate surface area is 136 Å². The van der Waals surface area contributed by atoms with E-state index >= 15 is 0 Å². The number of rotatable bonds is 11. The smallest absolute Gasteiger partial charge is 0.241 e. The molecule has 1 heterocycles. The number of sulfonamides is 1. The number of thioether (sulfide) groups is 1. The van der Waals surface area contributed by atoms with Crippen LogP contribution >= 0.6 is 23.1 Å². The van der Waals surface area contributed by atoms with Gasteiger partial charge in [-0.05, 0) is 43.8 Å². The van der Waals surface area contributed by atoms with Crippen LogP contribution in [0.2, 0.25) is 0 Å². The van der Waals surface area contributed by atoms with Gasteiger partial charge in [-0.2, -0.15) is 11.8 Å². The van der Waals surface area contributed by atoms with Crippen LogP contribution in [0.5, 0.6) is 0 Å². The van der Waals surface area contributed by atoms with E-state index in [9.17, 15) is 8.42 Å². The summed E-state index contributed by atoms with van der Waals surface area (Å²) in [6, 6.07) is 2.43. The first kappa shape index (κ1) is 17.3. The summed E-state index contributed by atoms with van der Waals surface area (Å²) < 4.78 is 27.0. The average Bonchev–Trinajstić information content (AvgIpc) is 3.16. The third-order valence-electron chi connectivity index (χ3n) is 3.40. The lowest BCUT2D eigenvalue weighted by atomic mass is 10.2. The molecule has 2 N–H and O–H groups in total. The molecule has 2 rings (SSSR count). The molecular weight excluding hydrogens is 324 g/mol. The van der Waals surface area contributed by atoms with E-state index in [1.165, 1.54) is 24.2 Å². The zero-order chi connectivity index (χ0) is 15.1. The molecular formula is C14H24N2O2S3. The number of unbranched alkanes of at least 4 members (excludes halogenated alkanes) is 2. The molecule has 0 spiro atoms. The molecule has 0 unspecified atom stereocenters. The quantitative estimate of drug-likeness (QED) is 0.604. The van der Waals surface area contributed by atoms with Gasteiger partial charge in [0.05, 0.1) is 4.90 Å². The van der Waals surface area contributed by atoms with Crippen LogP contribution in [0.3, 0.4) is 0 Å². The normalized spacial score (nSPS) is 15.5. The van der Waals surface area contributed by atoms with Crippen molar-refractivity contribution in [3.8, 4) is 0 Å². The molecule has 120 valence electrons. The van der Waals surface area contributed by atoms with E-state index in [4.69, 9.17) is 0 Å². The lowest BCUT2D eigenvalue weighted by Crippen LogP contribution is -2.24. The van der Waals surface area contributed by atoms with Gasteiger partial charge in [0.15, 0.2) is 0 Å². The van der Waals surface area contributed by atoms with Crippen molar-refractivity contribution < 1.29 is 8.42 Å². The van der Waals surface area contributed by atoms with Crippen LogP contribution in [0.1, 0.15) is 37.0 Å². The van der Waals surface area contributed by atoms with Crippen molar-refractivity contribution in [2.75, 3.05) is 18.6 Å². The van der Waals surface area contributed by atoms with Gasteiger partial charge in [0.1, 0.15) is 0 Å². The summed E-state index contributed by atoms with van der Waals surface area (Å²) in [7, 11) is -3.33.